The zero-order valence-corrected chi connectivity index (χ0v) is 24.5. The predicted octanol–water partition coefficient (Wildman–Crippen LogP) is 5.11. The maximum atomic E-state index is 12.7. The van der Waals surface area contributed by atoms with E-state index < -0.39 is 11.9 Å². The minimum atomic E-state index is -0.523. The van der Waals surface area contributed by atoms with Crippen molar-refractivity contribution in [1.29, 1.82) is 0 Å². The quantitative estimate of drug-likeness (QED) is 0.233. The first-order valence-corrected chi connectivity index (χ1v) is 14.5. The first-order chi connectivity index (χ1) is 20.2. The number of carbonyl (C=O) groups excluding carboxylic acids is 4. The monoisotopic (exact) mass is 570 g/mol. The summed E-state index contributed by atoms with van der Waals surface area (Å²) in [6.07, 6.45) is 7.77. The molecule has 8 nitrogen and oxygen atoms in total. The van der Waals surface area contributed by atoms with E-state index >= 15 is 0 Å². The van der Waals surface area contributed by atoms with E-state index in [2.05, 4.69) is 10.6 Å². The molecule has 2 aliphatic heterocycles. The van der Waals surface area contributed by atoms with Gasteiger partial charge in [-0.1, -0.05) is 76.9 Å². The summed E-state index contributed by atoms with van der Waals surface area (Å²) in [4.78, 5) is 50.5. The molecule has 2 aromatic rings. The average Bonchev–Trinajstić information content (AvgIpc) is 3.00. The van der Waals surface area contributed by atoms with Gasteiger partial charge in [0.1, 0.15) is 13.2 Å². The van der Waals surface area contributed by atoms with Gasteiger partial charge < -0.3 is 20.1 Å². The van der Waals surface area contributed by atoms with E-state index in [9.17, 15) is 19.2 Å². The van der Waals surface area contributed by atoms with E-state index in [1.54, 1.807) is 36.4 Å². The van der Waals surface area contributed by atoms with Crippen LogP contribution in [-0.2, 0) is 19.1 Å². The van der Waals surface area contributed by atoms with Crippen LogP contribution in [0, 0.1) is 11.8 Å². The highest BCUT2D eigenvalue weighted by Gasteiger charge is 2.33. The summed E-state index contributed by atoms with van der Waals surface area (Å²) in [6.45, 7) is 8.14. The minimum absolute atomic E-state index is 0.00124. The smallest absolute Gasteiger partial charge is 0.331 e. The minimum Gasteiger partial charge on any atom is -0.458 e. The fourth-order valence-electron chi connectivity index (χ4n) is 5.23. The first kappa shape index (κ1) is 30.5. The van der Waals surface area contributed by atoms with Gasteiger partial charge in [-0.3, -0.25) is 9.59 Å². The molecule has 0 fully saturated rings. The molecule has 0 saturated carbocycles. The zero-order chi connectivity index (χ0) is 30.2. The Kier molecular flexibility index (Phi) is 10.1. The fraction of sp³-hybridized carbons (Fsp3) is 0.353. The second-order valence-corrected chi connectivity index (χ2v) is 10.7. The highest BCUT2D eigenvalue weighted by Crippen LogP contribution is 2.33. The molecule has 2 unspecified atom stereocenters. The molecule has 0 aliphatic carbocycles. The van der Waals surface area contributed by atoms with Gasteiger partial charge in [0.05, 0.1) is 12.1 Å². The second-order valence-electron chi connectivity index (χ2n) is 10.7. The summed E-state index contributed by atoms with van der Waals surface area (Å²) in [5.74, 6) is -1.09. The number of carbonyl (C=O) groups is 4. The lowest BCUT2D eigenvalue weighted by Crippen LogP contribution is -2.44. The van der Waals surface area contributed by atoms with Gasteiger partial charge in [-0.25, -0.2) is 9.59 Å². The lowest BCUT2D eigenvalue weighted by Gasteiger charge is -2.32. The maximum absolute atomic E-state index is 12.7. The molecular formula is C34H38N2O6. The molecule has 2 amide bonds. The highest BCUT2D eigenvalue weighted by molar-refractivity contribution is 6.07. The van der Waals surface area contributed by atoms with Crippen molar-refractivity contribution in [3.63, 3.8) is 0 Å². The van der Waals surface area contributed by atoms with Crippen molar-refractivity contribution < 1.29 is 28.7 Å². The summed E-state index contributed by atoms with van der Waals surface area (Å²) in [5, 5.41) is 6.04. The van der Waals surface area contributed by atoms with Crippen LogP contribution in [0.2, 0.25) is 0 Å². The average molecular weight is 571 g/mol. The summed E-state index contributed by atoms with van der Waals surface area (Å²) in [6, 6.07) is 13.9. The van der Waals surface area contributed by atoms with Gasteiger partial charge in [-0.2, -0.15) is 0 Å². The Morgan fingerprint density at radius 1 is 0.690 bits per heavy atom. The lowest BCUT2D eigenvalue weighted by atomic mass is 9.82. The first-order valence-electron chi connectivity index (χ1n) is 14.5. The van der Waals surface area contributed by atoms with Gasteiger partial charge in [0, 0.05) is 23.3 Å². The third kappa shape index (κ3) is 6.87. The van der Waals surface area contributed by atoms with Gasteiger partial charge in [-0.05, 0) is 58.4 Å². The Morgan fingerprint density at radius 2 is 1.05 bits per heavy atom. The topological polar surface area (TPSA) is 111 Å². The molecule has 4 atom stereocenters. The van der Waals surface area contributed by atoms with Crippen LogP contribution in [0.15, 0.2) is 72.8 Å². The SMILES string of the molecule is CCC(C)C1NC(=O)c2ccccc2C1=CC(=O)OCC=CCOC(=O)C=C1c2ccccc2C(=O)N[C@H]1[C@@H](C)CC. The number of rotatable bonds is 10. The van der Waals surface area contributed by atoms with Crippen LogP contribution in [0.3, 0.4) is 0 Å². The molecule has 0 bridgehead atoms. The number of esters is 2. The van der Waals surface area contributed by atoms with Crippen molar-refractivity contribution in [3.05, 3.63) is 95.1 Å². The number of ether oxygens (including phenoxy) is 2. The predicted molar refractivity (Wildman–Crippen MR) is 161 cm³/mol. The molecule has 2 N–H and O–H groups in total. The molecule has 42 heavy (non-hydrogen) atoms. The molecule has 2 aromatic carbocycles. The van der Waals surface area contributed by atoms with E-state index in [0.29, 0.717) is 11.1 Å². The van der Waals surface area contributed by atoms with Crippen molar-refractivity contribution >= 4 is 34.9 Å². The number of benzene rings is 2. The molecule has 4 rings (SSSR count). The molecule has 0 aromatic heterocycles. The normalized spacial score (nSPS) is 21.2. The van der Waals surface area contributed by atoms with Crippen LogP contribution in [0.1, 0.15) is 72.4 Å². The van der Waals surface area contributed by atoms with Crippen LogP contribution in [-0.4, -0.2) is 49.1 Å². The van der Waals surface area contributed by atoms with E-state index in [-0.39, 0.29) is 48.9 Å². The van der Waals surface area contributed by atoms with Gasteiger partial charge in [0.25, 0.3) is 11.8 Å². The van der Waals surface area contributed by atoms with E-state index in [0.717, 1.165) is 35.1 Å². The van der Waals surface area contributed by atoms with Crippen molar-refractivity contribution in [2.24, 2.45) is 11.8 Å². The Morgan fingerprint density at radius 3 is 1.40 bits per heavy atom. The lowest BCUT2D eigenvalue weighted by molar-refractivity contribution is -0.137. The Bertz CT molecular complexity index is 1330. The van der Waals surface area contributed by atoms with Crippen molar-refractivity contribution in [3.8, 4) is 0 Å². The Labute approximate surface area is 246 Å². The van der Waals surface area contributed by atoms with Crippen LogP contribution in [0.4, 0.5) is 0 Å². The largest absolute Gasteiger partial charge is 0.458 e. The molecule has 0 radical (unpaired) electrons. The molecule has 220 valence electrons. The van der Waals surface area contributed by atoms with Gasteiger partial charge in [0.2, 0.25) is 0 Å². The number of fused-ring (bicyclic) bond motifs is 2. The highest BCUT2D eigenvalue weighted by atomic mass is 16.5. The fourth-order valence-corrected chi connectivity index (χ4v) is 5.23. The number of hydrogen-bond acceptors (Lipinski definition) is 6. The zero-order valence-electron chi connectivity index (χ0n) is 24.5. The second kappa shape index (κ2) is 13.9. The van der Waals surface area contributed by atoms with Crippen LogP contribution in [0.25, 0.3) is 11.1 Å². The standard InChI is InChI=1S/C34H38N2O6/c1-5-21(3)31-27(23-13-7-9-15-25(23)33(39)35-31)19-29(37)41-17-11-12-18-42-30(38)20-28-24-14-8-10-16-26(24)34(40)36-32(28)22(4)6-2/h7-16,19-22,31-32H,5-6,17-18H2,1-4H3,(H,35,39)(H,36,40)/t21-,22?,31-,32?/m0/s1. The van der Waals surface area contributed by atoms with Gasteiger partial charge >= 0.3 is 11.9 Å². The third-order valence-electron chi connectivity index (χ3n) is 7.99. The van der Waals surface area contributed by atoms with Gasteiger partial charge in [-0.15, -0.1) is 0 Å². The van der Waals surface area contributed by atoms with E-state index in [1.807, 2.05) is 52.0 Å². The number of hydrogen-bond donors (Lipinski definition) is 2. The van der Waals surface area contributed by atoms with E-state index in [1.165, 1.54) is 12.2 Å². The molecule has 0 spiro atoms. The third-order valence-corrected chi connectivity index (χ3v) is 7.99. The summed E-state index contributed by atoms with van der Waals surface area (Å²) < 4.78 is 10.7. The molecule has 8 heteroatoms. The number of amides is 2. The Hall–Kier alpha value is -4.46. The number of nitrogens with one attached hydrogen (secondary N) is 2. The molecule has 2 heterocycles. The summed E-state index contributed by atoms with van der Waals surface area (Å²) in [5.41, 5.74) is 3.98. The van der Waals surface area contributed by atoms with Crippen molar-refractivity contribution in [2.45, 2.75) is 52.6 Å². The van der Waals surface area contributed by atoms with Crippen LogP contribution >= 0.6 is 0 Å². The molecule has 0 saturated heterocycles. The Balaban J connectivity index is 1.36. The van der Waals surface area contributed by atoms with Crippen molar-refractivity contribution in [2.75, 3.05) is 13.2 Å². The van der Waals surface area contributed by atoms with Gasteiger partial charge in [0.15, 0.2) is 0 Å². The molecule has 2 aliphatic rings. The molecular weight excluding hydrogens is 532 g/mol. The summed E-state index contributed by atoms with van der Waals surface area (Å²) in [7, 11) is 0. The van der Waals surface area contributed by atoms with E-state index in [4.69, 9.17) is 9.47 Å². The maximum Gasteiger partial charge on any atom is 0.331 e. The van der Waals surface area contributed by atoms with Crippen LogP contribution < -0.4 is 10.6 Å². The van der Waals surface area contributed by atoms with Crippen molar-refractivity contribution in [1.82, 2.24) is 10.6 Å². The summed E-state index contributed by atoms with van der Waals surface area (Å²) >= 11 is 0. The van der Waals surface area contributed by atoms with Crippen LogP contribution in [0.5, 0.6) is 0 Å².